The number of aromatic nitrogens is 2. The number of nitrogens with zero attached hydrogens (tertiary/aromatic N) is 2. The van der Waals surface area contributed by atoms with Gasteiger partial charge in [0.15, 0.2) is 11.5 Å². The van der Waals surface area contributed by atoms with E-state index in [1.165, 1.54) is 0 Å². The summed E-state index contributed by atoms with van der Waals surface area (Å²) in [6.45, 7) is 0. The second-order valence-electron chi connectivity index (χ2n) is 2.48. The van der Waals surface area contributed by atoms with Crippen molar-refractivity contribution < 1.29 is 18.0 Å². The summed E-state index contributed by atoms with van der Waals surface area (Å²) in [6.07, 6.45) is -4.54. The van der Waals surface area contributed by atoms with Crippen molar-refractivity contribution in [2.75, 3.05) is 11.2 Å². The zero-order valence-corrected chi connectivity index (χ0v) is 7.93. The maximum Gasteiger partial charge on any atom is 0.435 e. The molecule has 15 heavy (non-hydrogen) atoms. The first-order valence-corrected chi connectivity index (χ1v) is 4.23. The molecule has 1 aromatic heterocycles. The van der Waals surface area contributed by atoms with Gasteiger partial charge in [-0.1, -0.05) is 0 Å². The number of amides is 1. The van der Waals surface area contributed by atoms with Crippen molar-refractivity contribution in [3.8, 4) is 0 Å². The van der Waals surface area contributed by atoms with E-state index in [9.17, 15) is 18.0 Å². The standard InChI is InChI=1S/C7H5ClF3N3O/c8-3-6(15)12-5-2-1-4(13-14-5)7(9,10)11/h1-2H,3H2,(H,12,14,15). The molecule has 1 aromatic rings. The molecule has 82 valence electrons. The van der Waals surface area contributed by atoms with E-state index in [2.05, 4.69) is 15.5 Å². The first-order chi connectivity index (χ1) is 6.93. The van der Waals surface area contributed by atoms with Gasteiger partial charge < -0.3 is 5.32 Å². The number of rotatable bonds is 2. The van der Waals surface area contributed by atoms with E-state index < -0.39 is 17.8 Å². The second-order valence-corrected chi connectivity index (χ2v) is 2.75. The summed E-state index contributed by atoms with van der Waals surface area (Å²) in [5.41, 5.74) is -1.12. The minimum Gasteiger partial charge on any atom is -0.308 e. The van der Waals surface area contributed by atoms with Crippen LogP contribution in [0.1, 0.15) is 5.69 Å². The third kappa shape index (κ3) is 3.35. The quantitative estimate of drug-likeness (QED) is 0.799. The largest absolute Gasteiger partial charge is 0.435 e. The SMILES string of the molecule is O=C(CCl)Nc1ccc(C(F)(F)F)nn1. The molecule has 0 saturated carbocycles. The molecule has 1 N–H and O–H groups in total. The maximum atomic E-state index is 12.0. The van der Waals surface area contributed by atoms with Gasteiger partial charge in [-0.3, -0.25) is 4.79 Å². The van der Waals surface area contributed by atoms with Crippen LogP contribution in [-0.2, 0) is 11.0 Å². The molecule has 0 bridgehead atoms. The fourth-order valence-corrected chi connectivity index (χ4v) is 0.793. The number of hydrogen-bond donors (Lipinski definition) is 1. The van der Waals surface area contributed by atoms with Crippen LogP contribution in [0, 0.1) is 0 Å². The summed E-state index contributed by atoms with van der Waals surface area (Å²) in [5, 5.41) is 8.24. The Balaban J connectivity index is 2.77. The second kappa shape index (κ2) is 4.43. The van der Waals surface area contributed by atoms with Crippen molar-refractivity contribution in [2.45, 2.75) is 6.18 Å². The monoisotopic (exact) mass is 239 g/mol. The topological polar surface area (TPSA) is 54.9 Å². The van der Waals surface area contributed by atoms with Gasteiger partial charge in [-0.2, -0.15) is 13.2 Å². The average molecular weight is 240 g/mol. The summed E-state index contributed by atoms with van der Waals surface area (Å²) in [7, 11) is 0. The minimum absolute atomic E-state index is 0.0753. The van der Waals surface area contributed by atoms with Crippen molar-refractivity contribution in [3.05, 3.63) is 17.8 Å². The third-order valence-electron chi connectivity index (χ3n) is 1.34. The van der Waals surface area contributed by atoms with E-state index in [0.29, 0.717) is 0 Å². The van der Waals surface area contributed by atoms with Gasteiger partial charge in [0.1, 0.15) is 5.88 Å². The average Bonchev–Trinajstić information content (AvgIpc) is 2.17. The lowest BCUT2D eigenvalue weighted by atomic mass is 10.4. The molecule has 0 atom stereocenters. The summed E-state index contributed by atoms with van der Waals surface area (Å²) in [5.74, 6) is -0.942. The van der Waals surface area contributed by atoms with Crippen molar-refractivity contribution in [3.63, 3.8) is 0 Å². The lowest BCUT2D eigenvalue weighted by Crippen LogP contribution is -2.15. The molecule has 4 nitrogen and oxygen atoms in total. The molecule has 1 amide bonds. The van der Waals surface area contributed by atoms with Crippen molar-refractivity contribution in [2.24, 2.45) is 0 Å². The lowest BCUT2D eigenvalue weighted by molar-refractivity contribution is -0.141. The predicted molar refractivity (Wildman–Crippen MR) is 46.4 cm³/mol. The summed E-state index contributed by atoms with van der Waals surface area (Å²) in [6, 6.07) is 1.72. The van der Waals surface area contributed by atoms with Gasteiger partial charge in [0, 0.05) is 0 Å². The molecule has 0 radical (unpaired) electrons. The Morgan fingerprint density at radius 2 is 2.07 bits per heavy atom. The molecular formula is C7H5ClF3N3O. The van der Waals surface area contributed by atoms with E-state index in [0.717, 1.165) is 12.1 Å². The molecule has 0 unspecified atom stereocenters. The Bertz CT molecular complexity index is 351. The molecular weight excluding hydrogens is 235 g/mol. The van der Waals surface area contributed by atoms with E-state index >= 15 is 0 Å². The number of carbonyl (C=O) groups is 1. The van der Waals surface area contributed by atoms with Crippen LogP contribution >= 0.6 is 11.6 Å². The Morgan fingerprint density at radius 1 is 1.40 bits per heavy atom. The minimum atomic E-state index is -4.54. The van der Waals surface area contributed by atoms with Crippen LogP contribution in [0.5, 0.6) is 0 Å². The van der Waals surface area contributed by atoms with Crippen LogP contribution in [0.4, 0.5) is 19.0 Å². The van der Waals surface area contributed by atoms with Crippen molar-refractivity contribution >= 4 is 23.3 Å². The number of alkyl halides is 4. The molecule has 0 spiro atoms. The highest BCUT2D eigenvalue weighted by molar-refractivity contribution is 6.28. The van der Waals surface area contributed by atoms with Gasteiger partial charge in [0.2, 0.25) is 5.91 Å². The summed E-state index contributed by atoms with van der Waals surface area (Å²) >= 11 is 5.17. The van der Waals surface area contributed by atoms with E-state index in [-0.39, 0.29) is 11.7 Å². The first-order valence-electron chi connectivity index (χ1n) is 3.70. The first kappa shape index (κ1) is 11.7. The van der Waals surface area contributed by atoms with Crippen LogP contribution < -0.4 is 5.32 Å². The van der Waals surface area contributed by atoms with Crippen LogP contribution in [0.25, 0.3) is 0 Å². The smallest absolute Gasteiger partial charge is 0.308 e. The van der Waals surface area contributed by atoms with Gasteiger partial charge in [0.05, 0.1) is 0 Å². The zero-order chi connectivity index (χ0) is 11.5. The summed E-state index contributed by atoms with van der Waals surface area (Å²) < 4.78 is 36.1. The van der Waals surface area contributed by atoms with Crippen LogP contribution in [-0.4, -0.2) is 22.0 Å². The van der Waals surface area contributed by atoms with Gasteiger partial charge >= 0.3 is 6.18 Å². The van der Waals surface area contributed by atoms with Gasteiger partial charge in [-0.05, 0) is 12.1 Å². The van der Waals surface area contributed by atoms with E-state index in [4.69, 9.17) is 11.6 Å². The molecule has 1 heterocycles. The molecule has 8 heteroatoms. The molecule has 0 aromatic carbocycles. The number of carbonyl (C=O) groups excluding carboxylic acids is 1. The Morgan fingerprint density at radius 3 is 2.47 bits per heavy atom. The van der Waals surface area contributed by atoms with Gasteiger partial charge in [0.25, 0.3) is 0 Å². The fourth-order valence-electron chi connectivity index (χ4n) is 0.726. The van der Waals surface area contributed by atoms with Gasteiger partial charge in [-0.25, -0.2) is 0 Å². The normalized spacial score (nSPS) is 11.2. The molecule has 0 aliphatic heterocycles. The lowest BCUT2D eigenvalue weighted by Gasteiger charge is -2.05. The highest BCUT2D eigenvalue weighted by Crippen LogP contribution is 2.26. The Labute approximate surface area is 87.4 Å². The Hall–Kier alpha value is -1.37. The zero-order valence-electron chi connectivity index (χ0n) is 7.18. The predicted octanol–water partition coefficient (Wildman–Crippen LogP) is 1.67. The molecule has 0 aliphatic carbocycles. The van der Waals surface area contributed by atoms with Crippen molar-refractivity contribution in [1.29, 1.82) is 0 Å². The molecule has 0 fully saturated rings. The Kier molecular flexibility index (Phi) is 3.46. The van der Waals surface area contributed by atoms with Gasteiger partial charge in [-0.15, -0.1) is 21.8 Å². The number of halogens is 4. The van der Waals surface area contributed by atoms with E-state index in [1.807, 2.05) is 0 Å². The third-order valence-corrected chi connectivity index (χ3v) is 1.59. The van der Waals surface area contributed by atoms with E-state index in [1.54, 1.807) is 0 Å². The number of anilines is 1. The molecule has 0 aliphatic rings. The van der Waals surface area contributed by atoms with Crippen LogP contribution in [0.3, 0.4) is 0 Å². The number of nitrogens with one attached hydrogen (secondary N) is 1. The molecule has 1 rings (SSSR count). The highest BCUT2D eigenvalue weighted by Gasteiger charge is 2.32. The highest BCUT2D eigenvalue weighted by atomic mass is 35.5. The maximum absolute atomic E-state index is 12.0. The van der Waals surface area contributed by atoms with Crippen LogP contribution in [0.2, 0.25) is 0 Å². The van der Waals surface area contributed by atoms with Crippen molar-refractivity contribution in [1.82, 2.24) is 10.2 Å². The number of hydrogen-bond acceptors (Lipinski definition) is 3. The fraction of sp³-hybridized carbons (Fsp3) is 0.286. The summed E-state index contributed by atoms with van der Waals surface area (Å²) in [4.78, 5) is 10.7. The molecule has 0 saturated heterocycles. The van der Waals surface area contributed by atoms with Crippen LogP contribution in [0.15, 0.2) is 12.1 Å².